The summed E-state index contributed by atoms with van der Waals surface area (Å²) in [6, 6.07) is 2.37. The molecule has 0 bridgehead atoms. The zero-order valence-corrected chi connectivity index (χ0v) is 7.88. The maximum Gasteiger partial charge on any atom is 0.223 e. The van der Waals surface area contributed by atoms with Gasteiger partial charge in [0.05, 0.1) is 6.20 Å². The van der Waals surface area contributed by atoms with Crippen molar-refractivity contribution in [1.82, 2.24) is 9.97 Å². The predicted molar refractivity (Wildman–Crippen MR) is 51.5 cm³/mol. The first kappa shape index (κ1) is 8.48. The van der Waals surface area contributed by atoms with Gasteiger partial charge >= 0.3 is 0 Å². The van der Waals surface area contributed by atoms with Crippen molar-refractivity contribution in [2.24, 2.45) is 0 Å². The smallest absolute Gasteiger partial charge is 0.223 e. The second-order valence-corrected chi connectivity index (χ2v) is 3.59. The lowest BCUT2D eigenvalue weighted by atomic mass is 10.2. The SMILES string of the molecule is Cc1c[c]nc(NC2CCCC2)n1. The van der Waals surface area contributed by atoms with Gasteiger partial charge in [-0.15, -0.1) is 0 Å². The van der Waals surface area contributed by atoms with Crippen molar-refractivity contribution in [3.63, 3.8) is 0 Å². The predicted octanol–water partition coefficient (Wildman–Crippen LogP) is 1.94. The standard InChI is InChI=1S/C10H14N3/c1-8-6-7-11-10(12-8)13-9-4-2-3-5-9/h6,9H,2-5H2,1H3,(H,11,12,13). The molecule has 1 aromatic heterocycles. The summed E-state index contributed by atoms with van der Waals surface area (Å²) in [6.07, 6.45) is 7.98. The number of anilines is 1. The fourth-order valence-corrected chi connectivity index (χ4v) is 1.73. The van der Waals surface area contributed by atoms with Crippen LogP contribution in [0.15, 0.2) is 6.07 Å². The Hall–Kier alpha value is -1.12. The number of hydrogen-bond acceptors (Lipinski definition) is 3. The molecule has 1 fully saturated rings. The van der Waals surface area contributed by atoms with E-state index in [0.717, 1.165) is 11.6 Å². The van der Waals surface area contributed by atoms with Crippen LogP contribution in [0.3, 0.4) is 0 Å². The van der Waals surface area contributed by atoms with Gasteiger partial charge in [0.2, 0.25) is 5.95 Å². The summed E-state index contributed by atoms with van der Waals surface area (Å²) in [5.74, 6) is 0.729. The molecule has 1 aliphatic rings. The first-order chi connectivity index (χ1) is 6.34. The Morgan fingerprint density at radius 1 is 1.46 bits per heavy atom. The highest BCUT2D eigenvalue weighted by Crippen LogP contribution is 2.20. The third-order valence-electron chi connectivity index (χ3n) is 2.41. The molecule has 0 spiro atoms. The number of hydrogen-bond donors (Lipinski definition) is 1. The number of aromatic nitrogens is 2. The number of aryl methyl sites for hydroxylation is 1. The largest absolute Gasteiger partial charge is 0.351 e. The van der Waals surface area contributed by atoms with E-state index in [1.165, 1.54) is 25.7 Å². The maximum atomic E-state index is 4.28. The van der Waals surface area contributed by atoms with Crippen molar-refractivity contribution in [3.8, 4) is 0 Å². The van der Waals surface area contributed by atoms with E-state index in [2.05, 4.69) is 21.5 Å². The summed E-state index contributed by atoms with van der Waals surface area (Å²) in [5.41, 5.74) is 0.968. The molecule has 13 heavy (non-hydrogen) atoms. The first-order valence-electron chi connectivity index (χ1n) is 4.83. The molecule has 1 N–H and O–H groups in total. The lowest BCUT2D eigenvalue weighted by molar-refractivity contribution is 0.742. The molecule has 1 aromatic rings. The Morgan fingerprint density at radius 2 is 2.23 bits per heavy atom. The number of rotatable bonds is 2. The quantitative estimate of drug-likeness (QED) is 0.748. The molecular formula is C10H14N3. The van der Waals surface area contributed by atoms with Crippen LogP contribution >= 0.6 is 0 Å². The summed E-state index contributed by atoms with van der Waals surface area (Å²) in [6.45, 7) is 1.96. The van der Waals surface area contributed by atoms with Gasteiger partial charge in [-0.2, -0.15) is 0 Å². The van der Waals surface area contributed by atoms with Gasteiger partial charge in [0, 0.05) is 11.7 Å². The van der Waals surface area contributed by atoms with Crippen LogP contribution < -0.4 is 5.32 Å². The molecule has 0 unspecified atom stereocenters. The van der Waals surface area contributed by atoms with E-state index in [1.54, 1.807) is 6.07 Å². The monoisotopic (exact) mass is 176 g/mol. The lowest BCUT2D eigenvalue weighted by Crippen LogP contribution is -2.16. The Bertz CT molecular complexity index is 279. The van der Waals surface area contributed by atoms with Gasteiger partial charge < -0.3 is 5.32 Å². The Morgan fingerprint density at radius 3 is 2.92 bits per heavy atom. The van der Waals surface area contributed by atoms with Gasteiger partial charge in [0.15, 0.2) is 0 Å². The molecule has 0 aliphatic heterocycles. The van der Waals surface area contributed by atoms with Gasteiger partial charge in [-0.3, -0.25) is 0 Å². The zero-order valence-electron chi connectivity index (χ0n) is 7.88. The van der Waals surface area contributed by atoms with Gasteiger partial charge in [0.1, 0.15) is 0 Å². The van der Waals surface area contributed by atoms with Crippen molar-refractivity contribution >= 4 is 5.95 Å². The molecule has 69 valence electrons. The Kier molecular flexibility index (Phi) is 2.43. The minimum atomic E-state index is 0.579. The fraction of sp³-hybridized carbons (Fsp3) is 0.600. The van der Waals surface area contributed by atoms with E-state index in [-0.39, 0.29) is 0 Å². The average molecular weight is 176 g/mol. The van der Waals surface area contributed by atoms with E-state index in [9.17, 15) is 0 Å². The second kappa shape index (κ2) is 3.73. The van der Waals surface area contributed by atoms with Crippen LogP contribution in [-0.2, 0) is 0 Å². The van der Waals surface area contributed by atoms with E-state index in [4.69, 9.17) is 0 Å². The molecule has 1 radical (unpaired) electrons. The minimum absolute atomic E-state index is 0.579. The van der Waals surface area contributed by atoms with Crippen LogP contribution in [0.5, 0.6) is 0 Å². The normalized spacial score (nSPS) is 17.6. The van der Waals surface area contributed by atoms with Crippen molar-refractivity contribution in [2.75, 3.05) is 5.32 Å². The molecule has 1 heterocycles. The van der Waals surface area contributed by atoms with Gasteiger partial charge in [0.25, 0.3) is 0 Å². The molecule has 1 saturated carbocycles. The lowest BCUT2D eigenvalue weighted by Gasteiger charge is -2.10. The fourth-order valence-electron chi connectivity index (χ4n) is 1.73. The van der Waals surface area contributed by atoms with E-state index in [0.29, 0.717) is 6.04 Å². The van der Waals surface area contributed by atoms with Crippen molar-refractivity contribution in [2.45, 2.75) is 38.6 Å². The van der Waals surface area contributed by atoms with Gasteiger partial charge in [-0.1, -0.05) is 12.8 Å². The molecule has 0 aromatic carbocycles. The molecule has 0 atom stereocenters. The number of nitrogens with one attached hydrogen (secondary N) is 1. The van der Waals surface area contributed by atoms with E-state index in [1.807, 2.05) is 6.92 Å². The van der Waals surface area contributed by atoms with Crippen LogP contribution in [-0.4, -0.2) is 16.0 Å². The van der Waals surface area contributed by atoms with Crippen LogP contribution in [0.4, 0.5) is 5.95 Å². The van der Waals surface area contributed by atoms with Crippen LogP contribution in [0, 0.1) is 13.1 Å². The summed E-state index contributed by atoms with van der Waals surface area (Å²) >= 11 is 0. The number of nitrogens with zero attached hydrogens (tertiary/aromatic N) is 2. The molecule has 0 amide bonds. The summed E-state index contributed by atoms with van der Waals surface area (Å²) in [4.78, 5) is 8.34. The Balaban J connectivity index is 2.00. The zero-order chi connectivity index (χ0) is 9.10. The van der Waals surface area contributed by atoms with E-state index >= 15 is 0 Å². The molecule has 3 nitrogen and oxygen atoms in total. The summed E-state index contributed by atoms with van der Waals surface area (Å²) in [7, 11) is 0. The molecule has 0 saturated heterocycles. The average Bonchev–Trinajstić information content (AvgIpc) is 2.57. The van der Waals surface area contributed by atoms with Crippen LogP contribution in [0.1, 0.15) is 31.4 Å². The summed E-state index contributed by atoms with van der Waals surface area (Å²) in [5, 5.41) is 3.33. The third-order valence-corrected chi connectivity index (χ3v) is 2.41. The molecule has 3 heteroatoms. The second-order valence-electron chi connectivity index (χ2n) is 3.59. The van der Waals surface area contributed by atoms with Crippen LogP contribution in [0.2, 0.25) is 0 Å². The van der Waals surface area contributed by atoms with E-state index < -0.39 is 0 Å². The molecule has 1 aliphatic carbocycles. The highest BCUT2D eigenvalue weighted by molar-refractivity contribution is 5.26. The van der Waals surface area contributed by atoms with Gasteiger partial charge in [-0.05, 0) is 25.8 Å². The topological polar surface area (TPSA) is 37.8 Å². The van der Waals surface area contributed by atoms with Crippen molar-refractivity contribution in [1.29, 1.82) is 0 Å². The third kappa shape index (κ3) is 2.17. The van der Waals surface area contributed by atoms with Gasteiger partial charge in [-0.25, -0.2) is 9.97 Å². The van der Waals surface area contributed by atoms with Crippen molar-refractivity contribution in [3.05, 3.63) is 18.0 Å². The van der Waals surface area contributed by atoms with Crippen LogP contribution in [0.25, 0.3) is 0 Å². The Labute approximate surface area is 78.6 Å². The highest BCUT2D eigenvalue weighted by atomic mass is 15.1. The molecular weight excluding hydrogens is 162 g/mol. The van der Waals surface area contributed by atoms with Crippen molar-refractivity contribution < 1.29 is 0 Å². The maximum absolute atomic E-state index is 4.28. The molecule has 2 rings (SSSR count). The minimum Gasteiger partial charge on any atom is -0.351 e. The first-order valence-corrected chi connectivity index (χ1v) is 4.83. The highest BCUT2D eigenvalue weighted by Gasteiger charge is 2.15. The summed E-state index contributed by atoms with van der Waals surface area (Å²) < 4.78 is 0.